The van der Waals surface area contributed by atoms with Gasteiger partial charge in [0, 0.05) is 44.5 Å². The summed E-state index contributed by atoms with van der Waals surface area (Å²) in [6.45, 7) is 1.86. The van der Waals surface area contributed by atoms with E-state index in [1.165, 1.54) is 7.05 Å². The number of fused-ring (bicyclic) bond motifs is 1. The molecule has 192 valence electrons. The van der Waals surface area contributed by atoms with E-state index in [9.17, 15) is 22.8 Å². The third-order valence-corrected chi connectivity index (χ3v) is 8.33. The van der Waals surface area contributed by atoms with Crippen LogP contribution in [0.25, 0.3) is 10.9 Å². The van der Waals surface area contributed by atoms with Crippen molar-refractivity contribution in [1.82, 2.24) is 24.2 Å². The lowest BCUT2D eigenvalue weighted by Gasteiger charge is -2.42. The summed E-state index contributed by atoms with van der Waals surface area (Å²) in [5, 5.41) is 15.8. The molecule has 1 aliphatic rings. The van der Waals surface area contributed by atoms with Crippen LogP contribution in [0.4, 0.5) is 4.79 Å². The number of benzene rings is 1. The molecular formula is C22H30ClN5O6S. The van der Waals surface area contributed by atoms with E-state index in [1.807, 2.05) is 19.1 Å². The van der Waals surface area contributed by atoms with Crippen molar-refractivity contribution in [2.45, 2.75) is 44.6 Å². The van der Waals surface area contributed by atoms with Gasteiger partial charge in [0.2, 0.25) is 5.91 Å². The monoisotopic (exact) mass is 527 g/mol. The minimum Gasteiger partial charge on any atom is -0.464 e. The summed E-state index contributed by atoms with van der Waals surface area (Å²) in [6.07, 6.45) is 0.121. The predicted octanol–water partition coefficient (Wildman–Crippen LogP) is 2.13. The first-order valence-corrected chi connectivity index (χ1v) is 13.0. The zero-order valence-corrected chi connectivity index (χ0v) is 21.4. The van der Waals surface area contributed by atoms with Crippen LogP contribution in [0.15, 0.2) is 18.2 Å². The maximum absolute atomic E-state index is 13.5. The summed E-state index contributed by atoms with van der Waals surface area (Å²) in [6, 6.07) is 5.44. The van der Waals surface area contributed by atoms with Crippen molar-refractivity contribution in [2.24, 2.45) is 7.05 Å². The molecule has 4 N–H and O–H groups in total. The van der Waals surface area contributed by atoms with Crippen LogP contribution < -0.4 is 15.4 Å². The van der Waals surface area contributed by atoms with E-state index < -0.39 is 27.7 Å². The molecule has 1 atom stereocenters. The number of carbonyl (C=O) groups excluding carboxylic acids is 2. The van der Waals surface area contributed by atoms with Crippen LogP contribution in [0.1, 0.15) is 48.2 Å². The first-order chi connectivity index (χ1) is 16.4. The number of rotatable bonds is 8. The molecule has 0 spiro atoms. The Labute approximate surface area is 209 Å². The van der Waals surface area contributed by atoms with E-state index in [2.05, 4.69) is 10.6 Å². The Balaban J connectivity index is 1.92. The van der Waals surface area contributed by atoms with E-state index in [4.69, 9.17) is 16.7 Å². The highest BCUT2D eigenvalue weighted by Gasteiger charge is 2.41. The average Bonchev–Trinajstić information content (AvgIpc) is 3.12. The van der Waals surface area contributed by atoms with Gasteiger partial charge in [0.15, 0.2) is 0 Å². The Hall–Kier alpha value is -2.83. The Morgan fingerprint density at radius 2 is 1.97 bits per heavy atom. The molecular weight excluding hydrogens is 498 g/mol. The zero-order chi connectivity index (χ0) is 26.0. The van der Waals surface area contributed by atoms with Gasteiger partial charge < -0.3 is 20.3 Å². The fourth-order valence-electron chi connectivity index (χ4n) is 4.56. The number of hydrogen-bond donors (Lipinski definition) is 4. The summed E-state index contributed by atoms with van der Waals surface area (Å²) in [5.41, 5.74) is 1.01. The van der Waals surface area contributed by atoms with Crippen molar-refractivity contribution < 1.29 is 27.9 Å². The van der Waals surface area contributed by atoms with Gasteiger partial charge in [-0.3, -0.25) is 9.59 Å². The predicted molar refractivity (Wildman–Crippen MR) is 132 cm³/mol. The molecule has 1 aromatic heterocycles. The summed E-state index contributed by atoms with van der Waals surface area (Å²) in [7, 11) is -1.04. The fourth-order valence-corrected chi connectivity index (χ4v) is 5.91. The summed E-state index contributed by atoms with van der Waals surface area (Å²) in [4.78, 5) is 36.2. The second kappa shape index (κ2) is 10.4. The minimum atomic E-state index is -4.31. The van der Waals surface area contributed by atoms with Crippen LogP contribution >= 0.6 is 11.6 Å². The van der Waals surface area contributed by atoms with E-state index in [0.29, 0.717) is 36.4 Å². The zero-order valence-electron chi connectivity index (χ0n) is 19.9. The number of nitrogens with one attached hydrogen (secondary N) is 3. The Morgan fingerprint density at radius 1 is 1.26 bits per heavy atom. The van der Waals surface area contributed by atoms with Gasteiger partial charge in [0.25, 0.3) is 5.91 Å². The first-order valence-electron chi connectivity index (χ1n) is 11.2. The van der Waals surface area contributed by atoms with Crippen LogP contribution in [-0.2, 0) is 22.1 Å². The van der Waals surface area contributed by atoms with Crippen LogP contribution in [0.5, 0.6) is 0 Å². The SMILES string of the molecule is CNC(=O)CCCC1(NC(=O)c2cc3c(Cl)c(C)ccc3n2C)CCCN(S(=O)(=O)NC(=O)O)C1. The lowest BCUT2D eigenvalue weighted by molar-refractivity contribution is -0.120. The molecule has 3 rings (SSSR count). The van der Waals surface area contributed by atoms with Gasteiger partial charge in [-0.1, -0.05) is 17.7 Å². The van der Waals surface area contributed by atoms with Gasteiger partial charge >= 0.3 is 16.3 Å². The van der Waals surface area contributed by atoms with Gasteiger partial charge in [-0.15, -0.1) is 0 Å². The number of amides is 3. The van der Waals surface area contributed by atoms with E-state index >= 15 is 0 Å². The smallest absolute Gasteiger partial charge is 0.419 e. The fraction of sp³-hybridized carbons (Fsp3) is 0.500. The van der Waals surface area contributed by atoms with Gasteiger partial charge in [-0.25, -0.2) is 9.52 Å². The molecule has 1 fully saturated rings. The van der Waals surface area contributed by atoms with Crippen LogP contribution in [0.2, 0.25) is 5.02 Å². The third-order valence-electron chi connectivity index (χ3n) is 6.40. The van der Waals surface area contributed by atoms with E-state index in [0.717, 1.165) is 20.8 Å². The summed E-state index contributed by atoms with van der Waals surface area (Å²) in [5.74, 6) is -0.583. The standard InChI is InChI=1S/C22H30ClN5O6S/c1-14-7-8-16-15(19(14)23)12-17(27(16)3)20(30)25-22(9-4-6-18(29)24-2)10-5-11-28(13-22)35(33,34)26-21(31)32/h7-8,12,26H,4-6,9-11,13H2,1-3H3,(H,24,29)(H,25,30)(H,31,32). The molecule has 3 amide bonds. The molecule has 0 aliphatic carbocycles. The molecule has 11 nitrogen and oxygen atoms in total. The molecule has 0 saturated carbocycles. The second-order valence-electron chi connectivity index (χ2n) is 8.83. The number of piperidine rings is 1. The minimum absolute atomic E-state index is 0.110. The van der Waals surface area contributed by atoms with E-state index in [1.54, 1.807) is 22.4 Å². The first kappa shape index (κ1) is 26.8. The van der Waals surface area contributed by atoms with Crippen LogP contribution in [-0.4, -0.2) is 66.0 Å². The van der Waals surface area contributed by atoms with Crippen molar-refractivity contribution >= 4 is 50.6 Å². The molecule has 2 heterocycles. The van der Waals surface area contributed by atoms with Gasteiger partial charge in [-0.05, 0) is 50.3 Å². The van der Waals surface area contributed by atoms with Gasteiger partial charge in [0.1, 0.15) is 5.69 Å². The average molecular weight is 528 g/mol. The number of aromatic nitrogens is 1. The highest BCUT2D eigenvalue weighted by Crippen LogP contribution is 2.31. The number of aryl methyl sites for hydroxylation is 2. The molecule has 2 aromatic rings. The number of nitrogens with zero attached hydrogens (tertiary/aromatic N) is 2. The maximum atomic E-state index is 13.5. The molecule has 0 radical (unpaired) electrons. The quantitative estimate of drug-likeness (QED) is 0.413. The summed E-state index contributed by atoms with van der Waals surface area (Å²) >= 11 is 6.45. The summed E-state index contributed by atoms with van der Waals surface area (Å²) < 4.78 is 29.4. The van der Waals surface area contributed by atoms with E-state index in [-0.39, 0.29) is 25.4 Å². The molecule has 1 aliphatic heterocycles. The number of carbonyl (C=O) groups is 3. The van der Waals surface area contributed by atoms with Crippen molar-refractivity contribution in [3.63, 3.8) is 0 Å². The topological polar surface area (TPSA) is 150 Å². The Bertz CT molecular complexity index is 1260. The maximum Gasteiger partial charge on any atom is 0.419 e. The normalized spacial score (nSPS) is 18.9. The second-order valence-corrected chi connectivity index (χ2v) is 10.9. The van der Waals surface area contributed by atoms with Crippen molar-refractivity contribution in [1.29, 1.82) is 0 Å². The van der Waals surface area contributed by atoms with Gasteiger partial charge in [-0.2, -0.15) is 12.7 Å². The largest absolute Gasteiger partial charge is 0.464 e. The number of hydrogen-bond acceptors (Lipinski definition) is 5. The molecule has 13 heteroatoms. The highest BCUT2D eigenvalue weighted by molar-refractivity contribution is 7.87. The Kier molecular flexibility index (Phi) is 7.97. The van der Waals surface area contributed by atoms with Crippen molar-refractivity contribution in [3.8, 4) is 0 Å². The van der Waals surface area contributed by atoms with Crippen molar-refractivity contribution in [2.75, 3.05) is 20.1 Å². The molecule has 1 aromatic carbocycles. The van der Waals surface area contributed by atoms with Crippen LogP contribution in [0.3, 0.4) is 0 Å². The van der Waals surface area contributed by atoms with Crippen molar-refractivity contribution in [3.05, 3.63) is 34.5 Å². The highest BCUT2D eigenvalue weighted by atomic mass is 35.5. The molecule has 1 unspecified atom stereocenters. The third kappa shape index (κ3) is 5.88. The molecule has 0 bridgehead atoms. The number of carboxylic acid groups (broad SMARTS) is 1. The Morgan fingerprint density at radius 3 is 2.63 bits per heavy atom. The van der Waals surface area contributed by atoms with Crippen LogP contribution in [0, 0.1) is 6.92 Å². The van der Waals surface area contributed by atoms with Gasteiger partial charge in [0.05, 0.1) is 10.6 Å². The number of halogens is 1. The molecule has 1 saturated heterocycles. The molecule has 35 heavy (non-hydrogen) atoms. The lowest BCUT2D eigenvalue weighted by Crippen LogP contribution is -2.61. The lowest BCUT2D eigenvalue weighted by atomic mass is 9.84.